The average molecular weight is 270 g/mol. The second kappa shape index (κ2) is 4.35. The van der Waals surface area contributed by atoms with Gasteiger partial charge in [0.2, 0.25) is 0 Å². The lowest BCUT2D eigenvalue weighted by molar-refractivity contribution is -0.143. The van der Waals surface area contributed by atoms with Crippen LogP contribution in [0.5, 0.6) is 0 Å². The van der Waals surface area contributed by atoms with E-state index in [2.05, 4.69) is 18.0 Å². The number of benzene rings is 1. The van der Waals surface area contributed by atoms with Gasteiger partial charge in [-0.15, -0.1) is 11.3 Å². The minimum Gasteiger partial charge on any atom is -0.445 e. The van der Waals surface area contributed by atoms with E-state index >= 15 is 0 Å². The molecule has 3 rings (SSSR count). The Balaban J connectivity index is 2.17. The molecule has 0 bridgehead atoms. The highest BCUT2D eigenvalue weighted by atomic mass is 32.1. The summed E-state index contributed by atoms with van der Waals surface area (Å²) in [7, 11) is 0. The van der Waals surface area contributed by atoms with Crippen molar-refractivity contribution >= 4 is 17.3 Å². The van der Waals surface area contributed by atoms with Crippen molar-refractivity contribution in [1.29, 1.82) is 0 Å². The van der Waals surface area contributed by atoms with Gasteiger partial charge in [-0.3, -0.25) is 0 Å². The molecule has 1 aliphatic rings. The maximum atomic E-state index is 11.8. The molecule has 2 heterocycles. The molecule has 1 aliphatic heterocycles. The summed E-state index contributed by atoms with van der Waals surface area (Å²) in [5.74, 6) is -0.296. The zero-order valence-electron chi connectivity index (χ0n) is 10.7. The summed E-state index contributed by atoms with van der Waals surface area (Å²) in [6, 6.07) is 12.0. The molecule has 2 nitrogen and oxygen atoms in total. The topological polar surface area (TPSA) is 26.3 Å². The summed E-state index contributed by atoms with van der Waals surface area (Å²) < 4.78 is 5.72. The third kappa shape index (κ3) is 1.90. The molecular formula is C16H14O2S. The molecule has 0 N–H and O–H groups in total. The van der Waals surface area contributed by atoms with Crippen LogP contribution in [0.1, 0.15) is 22.4 Å². The molecule has 0 radical (unpaired) electrons. The van der Waals surface area contributed by atoms with Crippen LogP contribution in [0.3, 0.4) is 0 Å². The first-order valence-corrected chi connectivity index (χ1v) is 7.02. The first-order chi connectivity index (χ1) is 9.12. The van der Waals surface area contributed by atoms with Crippen LogP contribution in [0.15, 0.2) is 53.9 Å². The SMILES string of the molecule is C=C1CC(c2ccccc2)(c2cc(C)cs2)OC1=O. The largest absolute Gasteiger partial charge is 0.445 e. The second-order valence-electron chi connectivity index (χ2n) is 4.85. The fourth-order valence-corrected chi connectivity index (χ4v) is 3.49. The third-order valence-electron chi connectivity index (χ3n) is 3.39. The summed E-state index contributed by atoms with van der Waals surface area (Å²) in [5, 5.41) is 2.08. The second-order valence-corrected chi connectivity index (χ2v) is 5.76. The zero-order chi connectivity index (χ0) is 13.5. The molecule has 3 heteroatoms. The van der Waals surface area contributed by atoms with E-state index in [1.54, 1.807) is 11.3 Å². The van der Waals surface area contributed by atoms with Gasteiger partial charge in [0.15, 0.2) is 5.60 Å². The Morgan fingerprint density at radius 1 is 1.32 bits per heavy atom. The van der Waals surface area contributed by atoms with Crippen LogP contribution >= 0.6 is 11.3 Å². The van der Waals surface area contributed by atoms with E-state index in [1.165, 1.54) is 5.56 Å². The van der Waals surface area contributed by atoms with Crippen LogP contribution in [0.2, 0.25) is 0 Å². The normalized spacial score (nSPS) is 22.6. The van der Waals surface area contributed by atoms with Crippen molar-refractivity contribution in [2.24, 2.45) is 0 Å². The lowest BCUT2D eigenvalue weighted by Crippen LogP contribution is -2.25. The Hall–Kier alpha value is -1.87. The van der Waals surface area contributed by atoms with E-state index in [4.69, 9.17) is 4.74 Å². The van der Waals surface area contributed by atoms with Crippen molar-refractivity contribution in [2.45, 2.75) is 18.9 Å². The molecule has 19 heavy (non-hydrogen) atoms. The van der Waals surface area contributed by atoms with Crippen LogP contribution in [0.25, 0.3) is 0 Å². The van der Waals surface area contributed by atoms with E-state index in [9.17, 15) is 4.79 Å². The number of carbonyl (C=O) groups excluding carboxylic acids is 1. The Labute approximate surface area is 116 Å². The van der Waals surface area contributed by atoms with Gasteiger partial charge in [0.1, 0.15) is 0 Å². The van der Waals surface area contributed by atoms with E-state index in [-0.39, 0.29) is 5.97 Å². The van der Waals surface area contributed by atoms with Crippen molar-refractivity contribution in [2.75, 3.05) is 0 Å². The molecule has 0 amide bonds. The van der Waals surface area contributed by atoms with Crippen molar-refractivity contribution in [3.05, 3.63) is 69.9 Å². The van der Waals surface area contributed by atoms with Gasteiger partial charge in [-0.2, -0.15) is 0 Å². The highest BCUT2D eigenvalue weighted by molar-refractivity contribution is 7.10. The summed E-state index contributed by atoms with van der Waals surface area (Å²) in [4.78, 5) is 12.9. The van der Waals surface area contributed by atoms with E-state index in [0.717, 1.165) is 10.4 Å². The summed E-state index contributed by atoms with van der Waals surface area (Å²) in [5.41, 5.74) is 2.04. The quantitative estimate of drug-likeness (QED) is 0.613. The number of thiophene rings is 1. The predicted octanol–water partition coefficient (Wildman–Crippen LogP) is 3.80. The first-order valence-electron chi connectivity index (χ1n) is 6.14. The van der Waals surface area contributed by atoms with Gasteiger partial charge in [0, 0.05) is 17.6 Å². The lowest BCUT2D eigenvalue weighted by Gasteiger charge is -2.26. The maximum Gasteiger partial charge on any atom is 0.334 e. The van der Waals surface area contributed by atoms with Crippen molar-refractivity contribution in [3.63, 3.8) is 0 Å². The minimum atomic E-state index is -0.686. The Morgan fingerprint density at radius 2 is 2.05 bits per heavy atom. The van der Waals surface area contributed by atoms with Crippen LogP contribution in [0.4, 0.5) is 0 Å². The summed E-state index contributed by atoms with van der Waals surface area (Å²) in [6.07, 6.45) is 0.524. The minimum absolute atomic E-state index is 0.296. The molecule has 2 aromatic rings. The maximum absolute atomic E-state index is 11.8. The molecule has 0 saturated carbocycles. The number of cyclic esters (lactones) is 1. The zero-order valence-corrected chi connectivity index (χ0v) is 11.5. The fourth-order valence-electron chi connectivity index (χ4n) is 2.43. The summed E-state index contributed by atoms with van der Waals surface area (Å²) in [6.45, 7) is 5.86. The van der Waals surface area contributed by atoms with Crippen LogP contribution < -0.4 is 0 Å². The van der Waals surface area contributed by atoms with Crippen LogP contribution in [-0.4, -0.2) is 5.97 Å². The molecule has 1 aromatic heterocycles. The summed E-state index contributed by atoms with van der Waals surface area (Å²) >= 11 is 1.63. The lowest BCUT2D eigenvalue weighted by atomic mass is 9.88. The van der Waals surface area contributed by atoms with Gasteiger partial charge < -0.3 is 4.74 Å². The molecule has 1 atom stereocenters. The Morgan fingerprint density at radius 3 is 2.58 bits per heavy atom. The molecular weight excluding hydrogens is 256 g/mol. The van der Waals surface area contributed by atoms with Gasteiger partial charge in [-0.25, -0.2) is 4.79 Å². The molecule has 0 aliphatic carbocycles. The highest BCUT2D eigenvalue weighted by Gasteiger charge is 2.46. The van der Waals surface area contributed by atoms with Gasteiger partial charge in [0.25, 0.3) is 0 Å². The fraction of sp³-hybridized carbons (Fsp3) is 0.188. The van der Waals surface area contributed by atoms with Gasteiger partial charge in [-0.1, -0.05) is 36.9 Å². The van der Waals surface area contributed by atoms with Crippen LogP contribution in [0, 0.1) is 6.92 Å². The van der Waals surface area contributed by atoms with Crippen molar-refractivity contribution in [3.8, 4) is 0 Å². The van der Waals surface area contributed by atoms with Gasteiger partial charge in [-0.05, 0) is 23.9 Å². The average Bonchev–Trinajstić information content (AvgIpc) is 2.97. The molecule has 1 aromatic carbocycles. The van der Waals surface area contributed by atoms with E-state index < -0.39 is 5.60 Å². The van der Waals surface area contributed by atoms with Crippen LogP contribution in [-0.2, 0) is 15.1 Å². The first kappa shape index (κ1) is 12.2. The Bertz CT molecular complexity index is 624. The van der Waals surface area contributed by atoms with Crippen molar-refractivity contribution in [1.82, 2.24) is 0 Å². The standard InChI is InChI=1S/C16H14O2S/c1-11-8-14(19-10-11)16(9-12(2)15(17)18-16)13-6-4-3-5-7-13/h3-8,10H,2,9H2,1H3. The number of hydrogen-bond donors (Lipinski definition) is 0. The molecule has 1 saturated heterocycles. The van der Waals surface area contributed by atoms with E-state index in [0.29, 0.717) is 12.0 Å². The molecule has 1 unspecified atom stereocenters. The number of rotatable bonds is 2. The smallest absolute Gasteiger partial charge is 0.334 e. The van der Waals surface area contributed by atoms with Gasteiger partial charge in [0.05, 0.1) is 4.88 Å². The third-order valence-corrected chi connectivity index (χ3v) is 4.58. The predicted molar refractivity (Wildman–Crippen MR) is 76.1 cm³/mol. The number of esters is 1. The van der Waals surface area contributed by atoms with Gasteiger partial charge >= 0.3 is 5.97 Å². The van der Waals surface area contributed by atoms with Crippen molar-refractivity contribution < 1.29 is 9.53 Å². The number of hydrogen-bond acceptors (Lipinski definition) is 3. The molecule has 96 valence electrons. The number of ether oxygens (including phenoxy) is 1. The molecule has 1 fully saturated rings. The van der Waals surface area contributed by atoms with E-state index in [1.807, 2.05) is 37.3 Å². The Kier molecular flexibility index (Phi) is 2.79. The molecule has 0 spiro atoms. The highest BCUT2D eigenvalue weighted by Crippen LogP contribution is 2.46. The monoisotopic (exact) mass is 270 g/mol. The number of aryl methyl sites for hydroxylation is 1. The number of carbonyl (C=O) groups is 1.